The Kier molecular flexibility index (Phi) is 11.4. The van der Waals surface area contributed by atoms with E-state index in [1.807, 2.05) is 37.3 Å². The first kappa shape index (κ1) is 26.6. The SMILES string of the molecule is CC(NC(=O)C(CCCN=C(N)N)NC(=O)OCc1ccccc1)c1ccc(O)cc1.Cl. The molecule has 2 aromatic rings. The third-order valence-electron chi connectivity index (χ3n) is 4.52. The van der Waals surface area contributed by atoms with Crippen LogP contribution in [0.25, 0.3) is 0 Å². The molecule has 0 saturated carbocycles. The molecule has 2 atom stereocenters. The molecule has 0 aliphatic carbocycles. The van der Waals surface area contributed by atoms with Gasteiger partial charge in [-0.1, -0.05) is 42.5 Å². The quantitative estimate of drug-likeness (QED) is 0.207. The standard InChI is InChI=1S/C22H29N5O4.ClH/c1-15(17-9-11-18(28)12-10-17)26-20(29)19(8-5-13-25-21(23)24)27-22(30)31-14-16-6-3-2-4-7-16;/h2-4,6-7,9-12,15,19,28H,5,8,13-14H2,1H3,(H,26,29)(H,27,30)(H4,23,24,25);1H. The number of aliphatic imine (C=N–C) groups is 1. The van der Waals surface area contributed by atoms with Gasteiger partial charge in [-0.25, -0.2) is 4.79 Å². The first-order chi connectivity index (χ1) is 14.8. The zero-order valence-corrected chi connectivity index (χ0v) is 18.7. The maximum Gasteiger partial charge on any atom is 0.408 e. The average Bonchev–Trinajstić information content (AvgIpc) is 2.75. The van der Waals surface area contributed by atoms with Crippen LogP contribution < -0.4 is 22.1 Å². The van der Waals surface area contributed by atoms with E-state index in [-0.39, 0.29) is 42.7 Å². The van der Waals surface area contributed by atoms with Crippen LogP contribution in [0, 0.1) is 0 Å². The molecular weight excluding hydrogens is 434 g/mol. The van der Waals surface area contributed by atoms with E-state index in [1.165, 1.54) is 0 Å². The van der Waals surface area contributed by atoms with Crippen LogP contribution in [0.5, 0.6) is 5.75 Å². The van der Waals surface area contributed by atoms with Gasteiger partial charge in [-0.2, -0.15) is 0 Å². The van der Waals surface area contributed by atoms with Crippen LogP contribution in [0.2, 0.25) is 0 Å². The number of nitrogens with two attached hydrogens (primary N) is 2. The van der Waals surface area contributed by atoms with Crippen molar-refractivity contribution in [1.29, 1.82) is 0 Å². The van der Waals surface area contributed by atoms with Crippen LogP contribution in [0.15, 0.2) is 59.6 Å². The predicted molar refractivity (Wildman–Crippen MR) is 125 cm³/mol. The average molecular weight is 464 g/mol. The van der Waals surface area contributed by atoms with Gasteiger partial charge in [-0.15, -0.1) is 12.4 Å². The number of carbonyl (C=O) groups is 2. The molecule has 0 fully saturated rings. The van der Waals surface area contributed by atoms with Gasteiger partial charge in [0.25, 0.3) is 0 Å². The summed E-state index contributed by atoms with van der Waals surface area (Å²) < 4.78 is 5.23. The van der Waals surface area contributed by atoms with Crippen molar-refractivity contribution in [2.45, 2.75) is 38.5 Å². The molecule has 0 saturated heterocycles. The molecule has 9 nitrogen and oxygen atoms in total. The van der Waals surface area contributed by atoms with Crippen molar-refractivity contribution in [2.75, 3.05) is 6.54 Å². The molecule has 32 heavy (non-hydrogen) atoms. The minimum absolute atomic E-state index is 0. The van der Waals surface area contributed by atoms with Gasteiger partial charge in [0, 0.05) is 6.54 Å². The molecule has 0 aliphatic heterocycles. The monoisotopic (exact) mass is 463 g/mol. The maximum atomic E-state index is 12.8. The normalized spacial score (nSPS) is 11.9. The number of phenolic OH excluding ortho intramolecular Hbond substituents is 1. The molecule has 2 amide bonds. The molecule has 0 aromatic heterocycles. The van der Waals surface area contributed by atoms with E-state index < -0.39 is 12.1 Å². The third kappa shape index (κ3) is 9.57. The lowest BCUT2D eigenvalue weighted by Crippen LogP contribution is -2.47. The summed E-state index contributed by atoms with van der Waals surface area (Å²) in [6, 6.07) is 14.6. The number of guanidine groups is 1. The number of aromatic hydroxyl groups is 1. The van der Waals surface area contributed by atoms with Gasteiger partial charge in [-0.3, -0.25) is 9.79 Å². The molecule has 2 aromatic carbocycles. The maximum absolute atomic E-state index is 12.8. The topological polar surface area (TPSA) is 152 Å². The summed E-state index contributed by atoms with van der Waals surface area (Å²) in [7, 11) is 0. The number of hydrogen-bond donors (Lipinski definition) is 5. The second-order valence-electron chi connectivity index (χ2n) is 7.03. The number of nitrogens with zero attached hydrogens (tertiary/aromatic N) is 1. The second-order valence-corrected chi connectivity index (χ2v) is 7.03. The Morgan fingerprint density at radius 1 is 1.06 bits per heavy atom. The molecule has 0 heterocycles. The Bertz CT molecular complexity index is 874. The summed E-state index contributed by atoms with van der Waals surface area (Å²) in [6.45, 7) is 2.24. The summed E-state index contributed by atoms with van der Waals surface area (Å²) in [6.07, 6.45) is 0.122. The fourth-order valence-corrected chi connectivity index (χ4v) is 2.84. The van der Waals surface area contributed by atoms with Crippen molar-refractivity contribution >= 4 is 30.4 Å². The Morgan fingerprint density at radius 2 is 1.72 bits per heavy atom. The Hall–Kier alpha value is -3.46. The molecule has 10 heteroatoms. The lowest BCUT2D eigenvalue weighted by Gasteiger charge is -2.21. The fourth-order valence-electron chi connectivity index (χ4n) is 2.84. The highest BCUT2D eigenvalue weighted by Crippen LogP contribution is 2.16. The smallest absolute Gasteiger partial charge is 0.408 e. The number of alkyl carbamates (subject to hydrolysis) is 1. The molecule has 7 N–H and O–H groups in total. The van der Waals surface area contributed by atoms with Gasteiger partial charge >= 0.3 is 6.09 Å². The fraction of sp³-hybridized carbons (Fsp3) is 0.318. The van der Waals surface area contributed by atoms with Crippen molar-refractivity contribution < 1.29 is 19.4 Å². The van der Waals surface area contributed by atoms with E-state index in [1.54, 1.807) is 24.3 Å². The lowest BCUT2D eigenvalue weighted by molar-refractivity contribution is -0.123. The number of halogens is 1. The van der Waals surface area contributed by atoms with Gasteiger partial charge in [0.2, 0.25) is 5.91 Å². The largest absolute Gasteiger partial charge is 0.508 e. The highest BCUT2D eigenvalue weighted by atomic mass is 35.5. The van der Waals surface area contributed by atoms with Crippen molar-refractivity contribution in [3.8, 4) is 5.75 Å². The van der Waals surface area contributed by atoms with E-state index in [0.717, 1.165) is 11.1 Å². The summed E-state index contributed by atoms with van der Waals surface area (Å²) >= 11 is 0. The number of amides is 2. The highest BCUT2D eigenvalue weighted by Gasteiger charge is 2.23. The Morgan fingerprint density at radius 3 is 2.34 bits per heavy atom. The van der Waals surface area contributed by atoms with Crippen LogP contribution in [-0.4, -0.2) is 35.7 Å². The van der Waals surface area contributed by atoms with Crippen molar-refractivity contribution in [2.24, 2.45) is 16.5 Å². The molecule has 2 unspecified atom stereocenters. The number of nitrogens with one attached hydrogen (secondary N) is 2. The number of benzene rings is 2. The summed E-state index contributed by atoms with van der Waals surface area (Å²) in [5, 5.41) is 14.9. The zero-order chi connectivity index (χ0) is 22.6. The Balaban J connectivity index is 0.00000512. The van der Waals surface area contributed by atoms with Crippen LogP contribution >= 0.6 is 12.4 Å². The van der Waals surface area contributed by atoms with Crippen LogP contribution in [0.3, 0.4) is 0 Å². The van der Waals surface area contributed by atoms with E-state index in [4.69, 9.17) is 16.2 Å². The third-order valence-corrected chi connectivity index (χ3v) is 4.52. The van der Waals surface area contributed by atoms with Crippen LogP contribution in [0.1, 0.15) is 36.9 Å². The first-order valence-corrected chi connectivity index (χ1v) is 9.97. The molecule has 2 rings (SSSR count). The van der Waals surface area contributed by atoms with Gasteiger partial charge < -0.3 is 31.9 Å². The number of phenols is 1. The molecular formula is C22H30ClN5O4. The van der Waals surface area contributed by atoms with Crippen LogP contribution in [-0.2, 0) is 16.1 Å². The number of ether oxygens (including phenoxy) is 1. The van der Waals surface area contributed by atoms with Crippen molar-refractivity contribution in [3.05, 3.63) is 65.7 Å². The molecule has 0 aliphatic rings. The van der Waals surface area contributed by atoms with Crippen molar-refractivity contribution in [1.82, 2.24) is 10.6 Å². The molecule has 174 valence electrons. The lowest BCUT2D eigenvalue weighted by atomic mass is 10.1. The molecule has 0 bridgehead atoms. The second kappa shape index (κ2) is 13.8. The molecule has 0 radical (unpaired) electrons. The van der Waals surface area contributed by atoms with E-state index >= 15 is 0 Å². The van der Waals surface area contributed by atoms with E-state index in [9.17, 15) is 14.7 Å². The van der Waals surface area contributed by atoms with Gasteiger partial charge in [-0.05, 0) is 43.0 Å². The summed E-state index contributed by atoms with van der Waals surface area (Å²) in [5.41, 5.74) is 12.3. The highest BCUT2D eigenvalue weighted by molar-refractivity contribution is 5.86. The van der Waals surface area contributed by atoms with E-state index in [2.05, 4.69) is 15.6 Å². The van der Waals surface area contributed by atoms with Gasteiger partial charge in [0.15, 0.2) is 5.96 Å². The van der Waals surface area contributed by atoms with Crippen molar-refractivity contribution in [3.63, 3.8) is 0 Å². The van der Waals surface area contributed by atoms with Gasteiger partial charge in [0.1, 0.15) is 18.4 Å². The number of carbonyl (C=O) groups excluding carboxylic acids is 2. The van der Waals surface area contributed by atoms with Gasteiger partial charge in [0.05, 0.1) is 6.04 Å². The summed E-state index contributed by atoms with van der Waals surface area (Å²) in [5.74, 6) is -0.248. The minimum atomic E-state index is -0.822. The number of hydrogen-bond acceptors (Lipinski definition) is 5. The minimum Gasteiger partial charge on any atom is -0.508 e. The molecule has 0 spiro atoms. The summed E-state index contributed by atoms with van der Waals surface area (Å²) in [4.78, 5) is 29.0. The first-order valence-electron chi connectivity index (χ1n) is 9.97. The van der Waals surface area contributed by atoms with Crippen LogP contribution in [0.4, 0.5) is 4.79 Å². The Labute approximate surface area is 193 Å². The predicted octanol–water partition coefficient (Wildman–Crippen LogP) is 2.34. The van der Waals surface area contributed by atoms with E-state index in [0.29, 0.717) is 19.4 Å². The zero-order valence-electron chi connectivity index (χ0n) is 17.9. The number of rotatable bonds is 10.